The van der Waals surface area contributed by atoms with E-state index in [2.05, 4.69) is 5.10 Å². The average Bonchev–Trinajstić information content (AvgIpc) is 3.26. The minimum Gasteiger partial charge on any atom is -0.465 e. The van der Waals surface area contributed by atoms with Gasteiger partial charge in [-0.15, -0.1) is 0 Å². The number of methoxy groups -OCH3 is 1. The van der Waals surface area contributed by atoms with Crippen molar-refractivity contribution in [2.75, 3.05) is 12.0 Å². The molecule has 3 aliphatic heterocycles. The molecule has 0 N–H and O–H groups in total. The summed E-state index contributed by atoms with van der Waals surface area (Å²) in [6.07, 6.45) is 1.65. The predicted octanol–water partition coefficient (Wildman–Crippen LogP) is 1.94. The van der Waals surface area contributed by atoms with Gasteiger partial charge in [-0.1, -0.05) is 36.4 Å². The fourth-order valence-corrected chi connectivity index (χ4v) is 5.01. The molecule has 5 rings (SSSR count). The Hall–Kier alpha value is -3.81. The van der Waals surface area contributed by atoms with Crippen LogP contribution in [0.25, 0.3) is 0 Å². The molecule has 2 aromatic carbocycles. The van der Waals surface area contributed by atoms with Gasteiger partial charge < -0.3 is 4.74 Å². The zero-order valence-electron chi connectivity index (χ0n) is 16.9. The Morgan fingerprint density at radius 3 is 2.39 bits per heavy atom. The molecule has 0 bridgehead atoms. The molecular weight excluding hydrogens is 398 g/mol. The first kappa shape index (κ1) is 19.2. The Morgan fingerprint density at radius 1 is 0.968 bits per heavy atom. The lowest BCUT2D eigenvalue weighted by molar-refractivity contribution is -0.129. The van der Waals surface area contributed by atoms with E-state index in [0.29, 0.717) is 0 Å². The van der Waals surface area contributed by atoms with E-state index in [9.17, 15) is 19.2 Å². The zero-order chi connectivity index (χ0) is 21.9. The summed E-state index contributed by atoms with van der Waals surface area (Å²) in [7, 11) is 1.24. The van der Waals surface area contributed by atoms with Gasteiger partial charge in [0.05, 0.1) is 42.5 Å². The molecule has 0 aromatic heterocycles. The zero-order valence-corrected chi connectivity index (χ0v) is 16.9. The van der Waals surface area contributed by atoms with E-state index in [0.717, 1.165) is 16.0 Å². The van der Waals surface area contributed by atoms with Crippen molar-refractivity contribution in [3.05, 3.63) is 65.2 Å². The van der Waals surface area contributed by atoms with Crippen LogP contribution in [0.2, 0.25) is 0 Å². The number of hydrogen-bond acceptors (Lipinski definition) is 7. The van der Waals surface area contributed by atoms with Crippen molar-refractivity contribution in [1.82, 2.24) is 5.01 Å². The molecular formula is C23H19N3O5. The number of esters is 1. The van der Waals surface area contributed by atoms with E-state index < -0.39 is 41.7 Å². The topological polar surface area (TPSA) is 96.3 Å². The highest BCUT2D eigenvalue weighted by Crippen LogP contribution is 2.52. The molecule has 31 heavy (non-hydrogen) atoms. The SMILES string of the molecule is COC(=O)c1ccccc1N1C(=O)[C@H]2[C@H](C1=O)[C@H]1c3ccccc3C=NN1[C@@H]2C(C)=O. The van der Waals surface area contributed by atoms with E-state index in [-0.39, 0.29) is 17.0 Å². The summed E-state index contributed by atoms with van der Waals surface area (Å²) in [5.74, 6) is -3.51. The number of rotatable bonds is 3. The monoisotopic (exact) mass is 417 g/mol. The number of benzene rings is 2. The van der Waals surface area contributed by atoms with Crippen molar-refractivity contribution in [3.8, 4) is 0 Å². The van der Waals surface area contributed by atoms with Gasteiger partial charge in [0.25, 0.3) is 0 Å². The highest BCUT2D eigenvalue weighted by atomic mass is 16.5. The molecule has 8 heteroatoms. The molecule has 0 aliphatic carbocycles. The maximum absolute atomic E-state index is 13.7. The minimum absolute atomic E-state index is 0.116. The van der Waals surface area contributed by atoms with Crippen molar-refractivity contribution in [2.45, 2.75) is 19.0 Å². The molecule has 2 saturated heterocycles. The summed E-state index contributed by atoms with van der Waals surface area (Å²) in [6, 6.07) is 12.4. The molecule has 4 atom stereocenters. The summed E-state index contributed by atoms with van der Waals surface area (Å²) in [5.41, 5.74) is 1.98. The number of fused-ring (bicyclic) bond motifs is 5. The van der Waals surface area contributed by atoms with Gasteiger partial charge in [-0.25, -0.2) is 9.69 Å². The Bertz CT molecular complexity index is 1170. The molecule has 0 saturated carbocycles. The molecule has 2 aromatic rings. The van der Waals surface area contributed by atoms with Crippen molar-refractivity contribution in [1.29, 1.82) is 0 Å². The first-order valence-electron chi connectivity index (χ1n) is 9.92. The number of ketones is 1. The van der Waals surface area contributed by atoms with Gasteiger partial charge in [-0.2, -0.15) is 5.10 Å². The van der Waals surface area contributed by atoms with Crippen LogP contribution >= 0.6 is 0 Å². The second-order valence-electron chi connectivity index (χ2n) is 7.83. The Morgan fingerprint density at radius 2 is 1.65 bits per heavy atom. The molecule has 3 aliphatic rings. The van der Waals surface area contributed by atoms with Crippen molar-refractivity contribution >= 4 is 35.5 Å². The van der Waals surface area contributed by atoms with Crippen LogP contribution in [0.15, 0.2) is 53.6 Å². The lowest BCUT2D eigenvalue weighted by Crippen LogP contribution is -2.44. The van der Waals surface area contributed by atoms with E-state index in [1.165, 1.54) is 26.2 Å². The number of amides is 2. The fourth-order valence-electron chi connectivity index (χ4n) is 5.01. The third kappa shape index (κ3) is 2.57. The van der Waals surface area contributed by atoms with Crippen LogP contribution in [-0.4, -0.2) is 47.9 Å². The maximum atomic E-state index is 13.7. The standard InChI is InChI=1S/C23H19N3O5/c1-12(27)19-17-18(20-14-8-4-3-7-13(14)11-24-26(19)20)22(29)25(21(17)28)16-10-6-5-9-15(16)23(30)31-2/h3-11,17-20H,1-2H3/t17-,18-,19+,20+/m0/s1. The number of Topliss-reactive ketones (excluding diaryl/α,β-unsaturated/α-hetero) is 1. The summed E-state index contributed by atoms with van der Waals surface area (Å²) >= 11 is 0. The molecule has 2 amide bonds. The van der Waals surface area contributed by atoms with Gasteiger partial charge in [-0.3, -0.25) is 19.4 Å². The number of para-hydroxylation sites is 1. The first-order valence-corrected chi connectivity index (χ1v) is 9.92. The van der Waals surface area contributed by atoms with Crippen LogP contribution in [0.5, 0.6) is 0 Å². The number of nitrogens with zero attached hydrogens (tertiary/aromatic N) is 3. The summed E-state index contributed by atoms with van der Waals surface area (Å²) in [6.45, 7) is 1.41. The lowest BCUT2D eigenvalue weighted by Gasteiger charge is -2.33. The van der Waals surface area contributed by atoms with Crippen LogP contribution in [0, 0.1) is 11.8 Å². The highest BCUT2D eigenvalue weighted by molar-refractivity contribution is 6.25. The number of ether oxygens (including phenoxy) is 1. The second kappa shape index (κ2) is 6.87. The maximum Gasteiger partial charge on any atom is 0.339 e. The Labute approximate surface area is 178 Å². The fraction of sp³-hybridized carbons (Fsp3) is 0.261. The van der Waals surface area contributed by atoms with Crippen LogP contribution in [0.3, 0.4) is 0 Å². The van der Waals surface area contributed by atoms with Gasteiger partial charge in [0.1, 0.15) is 6.04 Å². The number of anilines is 1. The summed E-state index contributed by atoms with van der Waals surface area (Å²) in [5, 5.41) is 6.03. The van der Waals surface area contributed by atoms with E-state index in [1.54, 1.807) is 23.4 Å². The smallest absolute Gasteiger partial charge is 0.339 e. The van der Waals surface area contributed by atoms with Crippen molar-refractivity contribution in [2.24, 2.45) is 16.9 Å². The Balaban J connectivity index is 1.66. The molecule has 3 heterocycles. The number of carbonyl (C=O) groups excluding carboxylic acids is 4. The second-order valence-corrected chi connectivity index (χ2v) is 7.83. The predicted molar refractivity (Wildman–Crippen MR) is 110 cm³/mol. The van der Waals surface area contributed by atoms with Gasteiger partial charge in [0, 0.05) is 0 Å². The minimum atomic E-state index is -0.885. The molecule has 156 valence electrons. The van der Waals surface area contributed by atoms with Crippen LogP contribution in [0.1, 0.15) is 34.5 Å². The number of hydrazone groups is 1. The van der Waals surface area contributed by atoms with Crippen molar-refractivity contribution in [3.63, 3.8) is 0 Å². The first-order chi connectivity index (χ1) is 15.0. The lowest BCUT2D eigenvalue weighted by atomic mass is 9.84. The number of imide groups is 1. The van der Waals surface area contributed by atoms with Gasteiger partial charge in [-0.05, 0) is 30.2 Å². The normalized spacial score (nSPS) is 25.9. The van der Waals surface area contributed by atoms with Crippen LogP contribution in [-0.2, 0) is 19.1 Å². The van der Waals surface area contributed by atoms with E-state index in [4.69, 9.17) is 4.74 Å². The molecule has 0 unspecified atom stereocenters. The average molecular weight is 417 g/mol. The summed E-state index contributed by atoms with van der Waals surface area (Å²) in [4.78, 5) is 53.1. The Kier molecular flexibility index (Phi) is 4.25. The summed E-state index contributed by atoms with van der Waals surface area (Å²) < 4.78 is 4.82. The van der Waals surface area contributed by atoms with Gasteiger partial charge >= 0.3 is 5.97 Å². The van der Waals surface area contributed by atoms with Gasteiger partial charge in [0.15, 0.2) is 5.78 Å². The largest absolute Gasteiger partial charge is 0.465 e. The third-order valence-electron chi connectivity index (χ3n) is 6.26. The molecule has 0 radical (unpaired) electrons. The van der Waals surface area contributed by atoms with E-state index >= 15 is 0 Å². The van der Waals surface area contributed by atoms with E-state index in [1.807, 2.05) is 24.3 Å². The molecule has 2 fully saturated rings. The number of carbonyl (C=O) groups is 4. The number of hydrogen-bond donors (Lipinski definition) is 0. The van der Waals surface area contributed by atoms with Crippen LogP contribution in [0.4, 0.5) is 5.69 Å². The van der Waals surface area contributed by atoms with Gasteiger partial charge in [0.2, 0.25) is 11.8 Å². The highest BCUT2D eigenvalue weighted by Gasteiger charge is 2.65. The molecule has 0 spiro atoms. The quantitative estimate of drug-likeness (QED) is 0.559. The molecule has 8 nitrogen and oxygen atoms in total. The third-order valence-corrected chi connectivity index (χ3v) is 6.26. The van der Waals surface area contributed by atoms with Crippen LogP contribution < -0.4 is 4.90 Å². The van der Waals surface area contributed by atoms with Crippen molar-refractivity contribution < 1.29 is 23.9 Å².